The van der Waals surface area contributed by atoms with E-state index in [0.29, 0.717) is 0 Å². The van der Waals surface area contributed by atoms with Crippen LogP contribution in [-0.2, 0) is 14.8 Å². The molecule has 0 bridgehead atoms. The Bertz CT molecular complexity index is 397. The molecule has 0 amide bonds. The monoisotopic (exact) mass is 219 g/mol. The van der Waals surface area contributed by atoms with E-state index in [9.17, 15) is 13.2 Å². The van der Waals surface area contributed by atoms with Crippen LogP contribution in [0.15, 0.2) is 12.4 Å². The van der Waals surface area contributed by atoms with Gasteiger partial charge in [-0.15, -0.1) is 0 Å². The number of anilines is 1. The van der Waals surface area contributed by atoms with Gasteiger partial charge in [-0.1, -0.05) is 0 Å². The highest BCUT2D eigenvalue weighted by Crippen LogP contribution is 2.01. The van der Waals surface area contributed by atoms with Gasteiger partial charge in [0.1, 0.15) is 0 Å². The Morgan fingerprint density at radius 3 is 2.86 bits per heavy atom. The van der Waals surface area contributed by atoms with Gasteiger partial charge in [-0.05, 0) is 0 Å². The van der Waals surface area contributed by atoms with Crippen LogP contribution < -0.4 is 4.72 Å². The highest BCUT2D eigenvalue weighted by Gasteiger charge is 2.13. The van der Waals surface area contributed by atoms with E-state index in [1.165, 1.54) is 12.4 Å². The van der Waals surface area contributed by atoms with E-state index in [2.05, 4.69) is 14.7 Å². The van der Waals surface area contributed by atoms with Crippen molar-refractivity contribution in [1.82, 2.24) is 9.97 Å². The second-order valence-corrected chi connectivity index (χ2v) is 4.34. The smallest absolute Gasteiger partial charge is 0.304 e. The summed E-state index contributed by atoms with van der Waals surface area (Å²) in [6.07, 6.45) is 2.40. The Kier molecular flexibility index (Phi) is 3.07. The van der Waals surface area contributed by atoms with E-state index in [1.54, 1.807) is 0 Å². The zero-order chi connectivity index (χ0) is 10.6. The van der Waals surface area contributed by atoms with E-state index in [1.807, 2.05) is 0 Å². The van der Waals surface area contributed by atoms with E-state index in [4.69, 9.17) is 5.11 Å². The van der Waals surface area contributed by atoms with Crippen molar-refractivity contribution in [3.05, 3.63) is 12.4 Å². The first-order valence-corrected chi connectivity index (χ1v) is 5.36. The molecule has 0 fully saturated rings. The molecule has 0 spiro atoms. The molecule has 7 nitrogen and oxygen atoms in total. The fraction of sp³-hybridized carbons (Fsp3) is 0.333. The summed E-state index contributed by atoms with van der Waals surface area (Å²) in [6.45, 7) is 0. The maximum atomic E-state index is 11.2. The molecule has 14 heavy (non-hydrogen) atoms. The van der Waals surface area contributed by atoms with Crippen LogP contribution in [0, 0.1) is 0 Å². The number of carboxylic acid groups (broad SMARTS) is 1. The van der Waals surface area contributed by atoms with Gasteiger partial charge >= 0.3 is 5.97 Å². The Labute approximate surface area is 80.2 Å². The van der Waals surface area contributed by atoms with E-state index in [-0.39, 0.29) is 5.95 Å². The first-order valence-electron chi connectivity index (χ1n) is 3.71. The molecule has 0 unspecified atom stereocenters. The predicted molar refractivity (Wildman–Crippen MR) is 48.3 cm³/mol. The maximum absolute atomic E-state index is 11.2. The number of hydrogen-bond acceptors (Lipinski definition) is 4. The summed E-state index contributed by atoms with van der Waals surface area (Å²) in [7, 11) is -3.62. The van der Waals surface area contributed by atoms with E-state index >= 15 is 0 Å². The third-order valence-corrected chi connectivity index (χ3v) is 2.58. The average Bonchev–Trinajstić information content (AvgIpc) is 2.53. The third-order valence-electron chi connectivity index (χ3n) is 1.34. The minimum atomic E-state index is -3.62. The molecule has 78 valence electrons. The summed E-state index contributed by atoms with van der Waals surface area (Å²) < 4.78 is 24.4. The summed E-state index contributed by atoms with van der Waals surface area (Å²) in [4.78, 5) is 16.3. The van der Waals surface area contributed by atoms with Crippen LogP contribution in [0.2, 0.25) is 0 Å². The van der Waals surface area contributed by atoms with Gasteiger partial charge in [-0.25, -0.2) is 13.4 Å². The average molecular weight is 219 g/mol. The van der Waals surface area contributed by atoms with Crippen molar-refractivity contribution in [2.24, 2.45) is 0 Å². The Morgan fingerprint density at radius 2 is 2.36 bits per heavy atom. The molecule has 1 rings (SSSR count). The summed E-state index contributed by atoms with van der Waals surface area (Å²) in [5, 5.41) is 8.29. The zero-order valence-corrected chi connectivity index (χ0v) is 7.91. The predicted octanol–water partition coefficient (Wildman–Crippen LogP) is -0.374. The van der Waals surface area contributed by atoms with Crippen molar-refractivity contribution >= 4 is 21.9 Å². The number of carboxylic acids is 1. The minimum absolute atomic E-state index is 0.0791. The van der Waals surface area contributed by atoms with Crippen molar-refractivity contribution in [3.8, 4) is 0 Å². The van der Waals surface area contributed by atoms with E-state index < -0.39 is 28.2 Å². The molecule has 1 aromatic rings. The quantitative estimate of drug-likeness (QED) is 0.625. The Balaban J connectivity index is 2.55. The topological polar surface area (TPSA) is 112 Å². The maximum Gasteiger partial charge on any atom is 0.304 e. The summed E-state index contributed by atoms with van der Waals surface area (Å²) in [5.74, 6) is -1.55. The minimum Gasteiger partial charge on any atom is -0.481 e. The van der Waals surface area contributed by atoms with E-state index in [0.717, 1.165) is 0 Å². The van der Waals surface area contributed by atoms with Crippen LogP contribution in [0.5, 0.6) is 0 Å². The molecule has 0 radical (unpaired) electrons. The highest BCUT2D eigenvalue weighted by molar-refractivity contribution is 7.92. The normalized spacial score (nSPS) is 11.1. The molecular formula is C6H9N3O4S. The second kappa shape index (κ2) is 4.09. The van der Waals surface area contributed by atoms with Gasteiger partial charge in [0.05, 0.1) is 12.2 Å². The van der Waals surface area contributed by atoms with Gasteiger partial charge in [-0.3, -0.25) is 9.52 Å². The lowest BCUT2D eigenvalue weighted by molar-refractivity contribution is -0.136. The van der Waals surface area contributed by atoms with Crippen molar-refractivity contribution < 1.29 is 18.3 Å². The standard InChI is InChI=1S/C6H9N3O4S/c10-5(11)1-4-14(12,13)9-6-7-2-3-8-6/h2-3H,1,4H2,(H,10,11)(H2,7,8,9). The molecular weight excluding hydrogens is 210 g/mol. The lowest BCUT2D eigenvalue weighted by atomic mass is 10.5. The van der Waals surface area contributed by atoms with Crippen molar-refractivity contribution in [3.63, 3.8) is 0 Å². The molecule has 0 saturated carbocycles. The fourth-order valence-electron chi connectivity index (χ4n) is 0.741. The van der Waals surface area contributed by atoms with Crippen molar-refractivity contribution in [2.45, 2.75) is 6.42 Å². The van der Waals surface area contributed by atoms with Gasteiger partial charge in [-0.2, -0.15) is 0 Å². The first kappa shape index (κ1) is 10.5. The van der Waals surface area contributed by atoms with Crippen LogP contribution >= 0.6 is 0 Å². The number of nitrogens with one attached hydrogen (secondary N) is 2. The van der Waals surface area contributed by atoms with Crippen LogP contribution in [0.4, 0.5) is 5.95 Å². The lowest BCUT2D eigenvalue weighted by Crippen LogP contribution is -2.19. The Hall–Kier alpha value is -1.57. The van der Waals surface area contributed by atoms with Gasteiger partial charge in [0.2, 0.25) is 16.0 Å². The molecule has 0 aromatic carbocycles. The summed E-state index contributed by atoms with van der Waals surface area (Å²) in [5.41, 5.74) is 0. The van der Waals surface area contributed by atoms with Gasteiger partial charge < -0.3 is 10.1 Å². The zero-order valence-electron chi connectivity index (χ0n) is 7.10. The number of carbonyl (C=O) groups is 1. The first-order chi connectivity index (χ1) is 6.49. The van der Waals surface area contributed by atoms with Crippen molar-refractivity contribution in [2.75, 3.05) is 10.5 Å². The molecule has 1 aromatic heterocycles. The number of imidazole rings is 1. The molecule has 0 saturated heterocycles. The molecule has 0 aliphatic carbocycles. The van der Waals surface area contributed by atoms with Gasteiger partial charge in [0.15, 0.2) is 0 Å². The number of rotatable bonds is 5. The van der Waals surface area contributed by atoms with Crippen LogP contribution in [0.25, 0.3) is 0 Å². The molecule has 8 heteroatoms. The molecule has 3 N–H and O–H groups in total. The lowest BCUT2D eigenvalue weighted by Gasteiger charge is -2.02. The Morgan fingerprint density at radius 1 is 1.64 bits per heavy atom. The number of aliphatic carboxylic acids is 1. The van der Waals surface area contributed by atoms with Crippen LogP contribution in [0.1, 0.15) is 6.42 Å². The van der Waals surface area contributed by atoms with Crippen LogP contribution in [0.3, 0.4) is 0 Å². The number of hydrogen-bond donors (Lipinski definition) is 3. The number of H-pyrrole nitrogens is 1. The second-order valence-electron chi connectivity index (χ2n) is 2.50. The van der Waals surface area contributed by atoms with Gasteiger partial charge in [0.25, 0.3) is 0 Å². The van der Waals surface area contributed by atoms with Crippen molar-refractivity contribution in [1.29, 1.82) is 0 Å². The molecule has 0 aliphatic heterocycles. The number of aromatic amines is 1. The number of nitrogens with zero attached hydrogens (tertiary/aromatic N) is 1. The third kappa shape index (κ3) is 3.44. The SMILES string of the molecule is O=C(O)CCS(=O)(=O)Nc1ncc[nH]1. The van der Waals surface area contributed by atoms with Crippen LogP contribution in [-0.4, -0.2) is 35.2 Å². The molecule has 0 aliphatic rings. The fourth-order valence-corrected chi connectivity index (χ4v) is 1.69. The number of sulfonamides is 1. The highest BCUT2D eigenvalue weighted by atomic mass is 32.2. The summed E-state index contributed by atoms with van der Waals surface area (Å²) in [6, 6.07) is 0. The molecule has 0 atom stereocenters. The largest absolute Gasteiger partial charge is 0.481 e. The number of aromatic nitrogens is 2. The summed E-state index contributed by atoms with van der Waals surface area (Å²) >= 11 is 0. The van der Waals surface area contributed by atoms with Gasteiger partial charge in [0, 0.05) is 12.4 Å². The molecule has 1 heterocycles.